The molecule has 1 aromatic rings. The van der Waals surface area contributed by atoms with Crippen molar-refractivity contribution >= 4 is 19.5 Å². The number of carbonyl (C=O) groups is 2. The van der Waals surface area contributed by atoms with Crippen LogP contribution in [0.4, 0.5) is 0 Å². The molecule has 20 heavy (non-hydrogen) atoms. The minimum Gasteiger partial charge on any atom is -0.480 e. The summed E-state index contributed by atoms with van der Waals surface area (Å²) in [5.41, 5.74) is 1.000. The summed E-state index contributed by atoms with van der Waals surface area (Å²) in [5, 5.41) is 11.3. The third-order valence-electron chi connectivity index (χ3n) is 2.50. The summed E-state index contributed by atoms with van der Waals surface area (Å²) in [6.45, 7) is 1.22. The zero-order chi connectivity index (χ0) is 15.3. The maximum absolute atomic E-state index is 11.0. The zero-order valence-corrected chi connectivity index (χ0v) is 11.7. The number of carboxylic acids is 1. The number of hydrogen-bond donors (Lipinski definition) is 4. The van der Waals surface area contributed by atoms with Gasteiger partial charge in [-0.25, -0.2) is 4.79 Å². The largest absolute Gasteiger partial charge is 0.480 e. The second kappa shape index (κ2) is 6.65. The SMILES string of the molecule is CC(=O)N[C@@H](Cc1cccc(CP(=O)(O)O)c1)C(=O)O. The van der Waals surface area contributed by atoms with Gasteiger partial charge in [-0.3, -0.25) is 9.36 Å². The van der Waals surface area contributed by atoms with Gasteiger partial charge in [-0.2, -0.15) is 0 Å². The molecular weight excluding hydrogens is 285 g/mol. The van der Waals surface area contributed by atoms with Crippen LogP contribution in [-0.4, -0.2) is 32.8 Å². The average Bonchev–Trinajstić information content (AvgIpc) is 2.25. The highest BCUT2D eigenvalue weighted by atomic mass is 31.2. The maximum atomic E-state index is 11.0. The van der Waals surface area contributed by atoms with Crippen LogP contribution in [0.1, 0.15) is 18.1 Å². The summed E-state index contributed by atoms with van der Waals surface area (Å²) < 4.78 is 10.9. The van der Waals surface area contributed by atoms with Gasteiger partial charge in [0.2, 0.25) is 5.91 Å². The van der Waals surface area contributed by atoms with Gasteiger partial charge in [0.15, 0.2) is 0 Å². The lowest BCUT2D eigenvalue weighted by Gasteiger charge is -2.14. The predicted octanol–water partition coefficient (Wildman–Crippen LogP) is 0.496. The minimum absolute atomic E-state index is 0.0455. The van der Waals surface area contributed by atoms with Gasteiger partial charge in [0.1, 0.15) is 6.04 Å². The molecule has 0 bridgehead atoms. The molecule has 0 heterocycles. The van der Waals surface area contributed by atoms with Crippen molar-refractivity contribution < 1.29 is 29.0 Å². The molecule has 8 heteroatoms. The summed E-state index contributed by atoms with van der Waals surface area (Å²) in [6.07, 6.45) is -0.359. The van der Waals surface area contributed by atoms with Gasteiger partial charge in [0, 0.05) is 13.3 Å². The van der Waals surface area contributed by atoms with E-state index in [2.05, 4.69) is 5.32 Å². The van der Waals surface area contributed by atoms with E-state index in [4.69, 9.17) is 14.9 Å². The molecule has 0 spiro atoms. The minimum atomic E-state index is -4.17. The van der Waals surface area contributed by atoms with Crippen LogP contribution in [0.25, 0.3) is 0 Å². The van der Waals surface area contributed by atoms with Crippen LogP contribution in [0, 0.1) is 0 Å². The van der Waals surface area contributed by atoms with Crippen molar-refractivity contribution in [1.29, 1.82) is 0 Å². The first-order valence-corrected chi connectivity index (χ1v) is 7.59. The smallest absolute Gasteiger partial charge is 0.329 e. The summed E-state index contributed by atoms with van der Waals surface area (Å²) >= 11 is 0. The fraction of sp³-hybridized carbons (Fsp3) is 0.333. The summed E-state index contributed by atoms with van der Waals surface area (Å²) in [4.78, 5) is 39.8. The Morgan fingerprint density at radius 3 is 2.40 bits per heavy atom. The van der Waals surface area contributed by atoms with Crippen molar-refractivity contribution in [3.05, 3.63) is 35.4 Å². The Morgan fingerprint density at radius 2 is 1.90 bits per heavy atom. The third kappa shape index (κ3) is 5.97. The van der Waals surface area contributed by atoms with Crippen molar-refractivity contribution in [2.24, 2.45) is 0 Å². The molecule has 0 unspecified atom stereocenters. The molecular formula is C12H16NO6P. The van der Waals surface area contributed by atoms with Crippen LogP contribution in [0.3, 0.4) is 0 Å². The molecule has 0 fully saturated rings. The zero-order valence-electron chi connectivity index (χ0n) is 10.8. The molecule has 4 N–H and O–H groups in total. The van der Waals surface area contributed by atoms with Crippen molar-refractivity contribution in [2.75, 3.05) is 0 Å². The van der Waals surface area contributed by atoms with Crippen LogP contribution >= 0.6 is 7.60 Å². The van der Waals surface area contributed by atoms with Gasteiger partial charge in [0.25, 0.3) is 0 Å². The highest BCUT2D eigenvalue weighted by Crippen LogP contribution is 2.39. The quantitative estimate of drug-likeness (QED) is 0.567. The van der Waals surface area contributed by atoms with Gasteiger partial charge in [-0.1, -0.05) is 24.3 Å². The summed E-state index contributed by atoms with van der Waals surface area (Å²) in [7, 11) is -4.17. The van der Waals surface area contributed by atoms with E-state index in [1.54, 1.807) is 18.2 Å². The first-order valence-electron chi connectivity index (χ1n) is 5.79. The molecule has 110 valence electrons. The van der Waals surface area contributed by atoms with Gasteiger partial charge in [0.05, 0.1) is 6.16 Å². The molecule has 0 radical (unpaired) electrons. The molecule has 1 amide bonds. The van der Waals surface area contributed by atoms with E-state index in [-0.39, 0.29) is 6.42 Å². The molecule has 0 aliphatic heterocycles. The van der Waals surface area contributed by atoms with E-state index in [9.17, 15) is 14.2 Å². The van der Waals surface area contributed by atoms with Gasteiger partial charge < -0.3 is 20.2 Å². The maximum Gasteiger partial charge on any atom is 0.329 e. The fourth-order valence-corrected chi connectivity index (χ4v) is 2.45. The first-order chi connectivity index (χ1) is 9.17. The fourth-order valence-electron chi connectivity index (χ4n) is 1.77. The van der Waals surface area contributed by atoms with E-state index in [1.807, 2.05) is 0 Å². The number of rotatable bonds is 6. The van der Waals surface area contributed by atoms with E-state index < -0.39 is 31.7 Å². The first kappa shape index (κ1) is 16.4. The van der Waals surface area contributed by atoms with Crippen molar-refractivity contribution in [3.8, 4) is 0 Å². The number of carbonyl (C=O) groups excluding carboxylic acids is 1. The lowest BCUT2D eigenvalue weighted by Crippen LogP contribution is -2.41. The molecule has 7 nitrogen and oxygen atoms in total. The van der Waals surface area contributed by atoms with Crippen LogP contribution < -0.4 is 5.32 Å². The average molecular weight is 301 g/mol. The number of nitrogens with one attached hydrogen (secondary N) is 1. The Balaban J connectivity index is 2.85. The predicted molar refractivity (Wildman–Crippen MR) is 71.1 cm³/mol. The molecule has 0 aromatic heterocycles. The Morgan fingerprint density at radius 1 is 1.30 bits per heavy atom. The highest BCUT2D eigenvalue weighted by Gasteiger charge is 2.19. The molecule has 1 aromatic carbocycles. The Labute approximate surface area is 115 Å². The molecule has 0 aliphatic carbocycles. The van der Waals surface area contributed by atoms with E-state index in [0.29, 0.717) is 11.1 Å². The number of carboxylic acid groups (broad SMARTS) is 1. The Kier molecular flexibility index (Phi) is 5.44. The van der Waals surface area contributed by atoms with Crippen LogP contribution in [0.5, 0.6) is 0 Å². The van der Waals surface area contributed by atoms with Gasteiger partial charge >= 0.3 is 13.6 Å². The molecule has 0 saturated carbocycles. The van der Waals surface area contributed by atoms with Gasteiger partial charge in [-0.15, -0.1) is 0 Å². The highest BCUT2D eigenvalue weighted by molar-refractivity contribution is 7.50. The third-order valence-corrected chi connectivity index (χ3v) is 3.27. The molecule has 0 aliphatic rings. The van der Waals surface area contributed by atoms with Crippen molar-refractivity contribution in [1.82, 2.24) is 5.32 Å². The lowest BCUT2D eigenvalue weighted by molar-refractivity contribution is -0.141. The van der Waals surface area contributed by atoms with Crippen molar-refractivity contribution in [2.45, 2.75) is 25.5 Å². The van der Waals surface area contributed by atoms with E-state index in [1.165, 1.54) is 13.0 Å². The number of amides is 1. The van der Waals surface area contributed by atoms with E-state index in [0.717, 1.165) is 0 Å². The number of benzene rings is 1. The molecule has 1 rings (SSSR count). The second-order valence-electron chi connectivity index (χ2n) is 4.44. The molecule has 0 saturated heterocycles. The van der Waals surface area contributed by atoms with Crippen LogP contribution in [0.2, 0.25) is 0 Å². The van der Waals surface area contributed by atoms with Crippen LogP contribution in [-0.2, 0) is 26.7 Å². The van der Waals surface area contributed by atoms with Crippen molar-refractivity contribution in [3.63, 3.8) is 0 Å². The summed E-state index contributed by atoms with van der Waals surface area (Å²) in [5.74, 6) is -1.62. The topological polar surface area (TPSA) is 124 Å². The number of hydrogen-bond acceptors (Lipinski definition) is 3. The van der Waals surface area contributed by atoms with E-state index >= 15 is 0 Å². The monoisotopic (exact) mass is 301 g/mol. The number of aliphatic carboxylic acids is 1. The molecule has 1 atom stereocenters. The Hall–Kier alpha value is -1.69. The second-order valence-corrected chi connectivity index (χ2v) is 6.08. The Bertz CT molecular complexity index is 553. The van der Waals surface area contributed by atoms with Crippen LogP contribution in [0.15, 0.2) is 24.3 Å². The standard InChI is InChI=1S/C12H16NO6P/c1-8(14)13-11(12(15)16)6-9-3-2-4-10(5-9)7-20(17,18)19/h2-5,11H,6-7H2,1H3,(H,13,14)(H,15,16)(H2,17,18,19)/t11-/m0/s1. The normalized spacial score (nSPS) is 12.8. The lowest BCUT2D eigenvalue weighted by atomic mass is 10.0. The van der Waals surface area contributed by atoms with Gasteiger partial charge in [-0.05, 0) is 11.1 Å². The summed E-state index contributed by atoms with van der Waals surface area (Å²) in [6, 6.07) is 5.24.